The van der Waals surface area contributed by atoms with Gasteiger partial charge in [-0.2, -0.15) is 0 Å². The van der Waals surface area contributed by atoms with Gasteiger partial charge in [0.05, 0.1) is 17.7 Å². The van der Waals surface area contributed by atoms with Crippen LogP contribution in [0.1, 0.15) is 27.7 Å². The predicted molar refractivity (Wildman–Crippen MR) is 101 cm³/mol. The molecule has 0 aliphatic carbocycles. The number of anilines is 1. The molecular formula is C17H25BN2O3S. The van der Waals surface area contributed by atoms with Crippen LogP contribution in [0.2, 0.25) is 0 Å². The summed E-state index contributed by atoms with van der Waals surface area (Å²) in [5.74, 6) is 0.631. The molecule has 0 amide bonds. The second-order valence-electron chi connectivity index (χ2n) is 7.27. The number of hydrogen-bond acceptors (Lipinski definition) is 5. The Morgan fingerprint density at radius 1 is 1.12 bits per heavy atom. The summed E-state index contributed by atoms with van der Waals surface area (Å²) >= 11 is -0.928. The molecule has 2 heterocycles. The molecule has 1 aromatic rings. The van der Waals surface area contributed by atoms with Gasteiger partial charge in [0.2, 0.25) is 5.04 Å². The van der Waals surface area contributed by atoms with E-state index < -0.39 is 11.2 Å². The Morgan fingerprint density at radius 3 is 2.25 bits per heavy atom. The van der Waals surface area contributed by atoms with Gasteiger partial charge in [-0.1, -0.05) is 12.1 Å². The van der Waals surface area contributed by atoms with Gasteiger partial charge in [0.15, 0.2) is 0 Å². The molecule has 2 aliphatic heterocycles. The summed E-state index contributed by atoms with van der Waals surface area (Å²) in [6.45, 7) is 9.63. The molecule has 2 saturated heterocycles. The summed E-state index contributed by atoms with van der Waals surface area (Å²) in [5, 5.41) is 0.760. The number of nitrogens with zero attached hydrogens (tertiary/aromatic N) is 2. The van der Waals surface area contributed by atoms with Crippen molar-refractivity contribution in [1.29, 1.82) is 0 Å². The monoisotopic (exact) mass is 348 g/mol. The molecule has 7 heteroatoms. The summed E-state index contributed by atoms with van der Waals surface area (Å²) in [6, 6.07) is 8.24. The van der Waals surface area contributed by atoms with E-state index in [4.69, 9.17) is 9.31 Å². The molecule has 5 nitrogen and oxygen atoms in total. The molecule has 3 rings (SSSR count). The maximum Gasteiger partial charge on any atom is 0.494 e. The molecule has 24 heavy (non-hydrogen) atoms. The molecule has 0 N–H and O–H groups in total. The fourth-order valence-electron chi connectivity index (χ4n) is 2.84. The number of hydrogen-bond donors (Lipinski definition) is 0. The number of aliphatic imine (C=N–C) groups is 1. The van der Waals surface area contributed by atoms with E-state index in [1.54, 1.807) is 7.05 Å². The summed E-state index contributed by atoms with van der Waals surface area (Å²) in [6.07, 6.45) is 0. The minimum atomic E-state index is -0.928. The van der Waals surface area contributed by atoms with E-state index in [0.29, 0.717) is 12.3 Å². The molecule has 0 saturated carbocycles. The van der Waals surface area contributed by atoms with E-state index in [1.807, 2.05) is 12.1 Å². The molecule has 1 unspecified atom stereocenters. The molecular weight excluding hydrogens is 323 g/mol. The Kier molecular flexibility index (Phi) is 4.72. The van der Waals surface area contributed by atoms with Crippen LogP contribution in [0, 0.1) is 0 Å². The van der Waals surface area contributed by atoms with Crippen molar-refractivity contribution in [2.24, 2.45) is 4.99 Å². The van der Waals surface area contributed by atoms with Gasteiger partial charge in [0.25, 0.3) is 0 Å². The number of benzene rings is 1. The lowest BCUT2D eigenvalue weighted by molar-refractivity contribution is 0.00578. The summed E-state index contributed by atoms with van der Waals surface area (Å²) < 4.78 is 24.1. The largest absolute Gasteiger partial charge is 0.610 e. The first-order valence-electron chi connectivity index (χ1n) is 8.28. The third-order valence-corrected chi connectivity index (χ3v) is 6.56. The summed E-state index contributed by atoms with van der Waals surface area (Å²) in [4.78, 5) is 6.36. The van der Waals surface area contributed by atoms with Crippen molar-refractivity contribution >= 4 is 34.5 Å². The van der Waals surface area contributed by atoms with Crippen LogP contribution >= 0.6 is 0 Å². The van der Waals surface area contributed by atoms with Crippen molar-refractivity contribution in [1.82, 2.24) is 0 Å². The zero-order chi connectivity index (χ0) is 17.5. The van der Waals surface area contributed by atoms with Crippen LogP contribution in [-0.2, 0) is 20.5 Å². The topological polar surface area (TPSA) is 57.1 Å². The second kappa shape index (κ2) is 6.37. The highest BCUT2D eigenvalue weighted by Crippen LogP contribution is 2.36. The summed E-state index contributed by atoms with van der Waals surface area (Å²) in [5.41, 5.74) is 1.45. The minimum Gasteiger partial charge on any atom is -0.610 e. The summed E-state index contributed by atoms with van der Waals surface area (Å²) in [7, 11) is 1.36. The van der Waals surface area contributed by atoms with Crippen molar-refractivity contribution < 1.29 is 13.9 Å². The number of rotatable bonds is 2. The zero-order valence-electron chi connectivity index (χ0n) is 15.0. The van der Waals surface area contributed by atoms with Gasteiger partial charge in [-0.15, -0.1) is 0 Å². The van der Waals surface area contributed by atoms with Crippen LogP contribution in [0.15, 0.2) is 29.3 Å². The lowest BCUT2D eigenvalue weighted by Crippen LogP contribution is -2.44. The molecule has 0 bridgehead atoms. The molecule has 2 fully saturated rings. The van der Waals surface area contributed by atoms with E-state index >= 15 is 0 Å². The lowest BCUT2D eigenvalue weighted by Gasteiger charge is -2.32. The fourth-order valence-corrected chi connectivity index (χ4v) is 3.96. The average molecular weight is 348 g/mol. The van der Waals surface area contributed by atoms with Gasteiger partial charge >= 0.3 is 7.12 Å². The Balaban J connectivity index is 1.73. The van der Waals surface area contributed by atoms with E-state index in [9.17, 15) is 4.55 Å². The van der Waals surface area contributed by atoms with Crippen LogP contribution in [0.25, 0.3) is 0 Å². The molecule has 0 aromatic heterocycles. The molecule has 2 aliphatic rings. The Hall–Kier alpha value is -1.02. The van der Waals surface area contributed by atoms with E-state index in [-0.39, 0.29) is 18.3 Å². The third kappa shape index (κ3) is 3.22. The molecule has 0 radical (unpaired) electrons. The highest BCUT2D eigenvalue weighted by atomic mass is 32.2. The van der Waals surface area contributed by atoms with Crippen LogP contribution in [-0.4, -0.2) is 53.8 Å². The second-order valence-corrected chi connectivity index (χ2v) is 8.84. The van der Waals surface area contributed by atoms with Crippen LogP contribution in [0.3, 0.4) is 0 Å². The van der Waals surface area contributed by atoms with Gasteiger partial charge in [-0.3, -0.25) is 0 Å². The van der Waals surface area contributed by atoms with E-state index in [2.05, 4.69) is 49.7 Å². The average Bonchev–Trinajstić information content (AvgIpc) is 2.76. The van der Waals surface area contributed by atoms with Gasteiger partial charge < -0.3 is 18.8 Å². The van der Waals surface area contributed by atoms with Gasteiger partial charge in [-0.05, 0) is 45.3 Å². The predicted octanol–water partition coefficient (Wildman–Crippen LogP) is 1.58. The van der Waals surface area contributed by atoms with Crippen molar-refractivity contribution in [3.63, 3.8) is 0 Å². The highest BCUT2D eigenvalue weighted by Gasteiger charge is 2.51. The normalized spacial score (nSPS) is 27.8. The van der Waals surface area contributed by atoms with Crippen LogP contribution < -0.4 is 10.4 Å². The van der Waals surface area contributed by atoms with E-state index in [0.717, 1.165) is 22.7 Å². The standard InChI is InChI=1S/C17H25BN2O3S/c1-16(2)17(3,4)23-18(22-16)13-6-8-14(9-7-13)20-10-11-24(21)15(12-20)19-5/h6-9H,10-12H2,1-5H3. The maximum absolute atomic E-state index is 11.9. The molecule has 1 atom stereocenters. The van der Waals surface area contributed by atoms with Gasteiger partial charge in [-0.25, -0.2) is 4.99 Å². The van der Waals surface area contributed by atoms with E-state index in [1.165, 1.54) is 0 Å². The molecule has 1 aromatic carbocycles. The zero-order valence-corrected chi connectivity index (χ0v) is 15.9. The van der Waals surface area contributed by atoms with Crippen molar-refractivity contribution in [2.75, 3.05) is 30.8 Å². The first-order valence-corrected chi connectivity index (χ1v) is 9.60. The Bertz CT molecular complexity index is 617. The quantitative estimate of drug-likeness (QED) is 0.602. The minimum absolute atomic E-state index is 0.334. The maximum atomic E-state index is 11.9. The first-order chi connectivity index (χ1) is 11.2. The van der Waals surface area contributed by atoms with Crippen LogP contribution in [0.5, 0.6) is 0 Å². The SMILES string of the molecule is CN=C1CN(c2ccc(B3OC(C)(C)C(C)(C)O3)cc2)CC[S+]1[O-]. The van der Waals surface area contributed by atoms with Crippen molar-refractivity contribution in [2.45, 2.75) is 38.9 Å². The molecule has 130 valence electrons. The van der Waals surface area contributed by atoms with Crippen molar-refractivity contribution in [3.05, 3.63) is 24.3 Å². The fraction of sp³-hybridized carbons (Fsp3) is 0.588. The first kappa shape index (κ1) is 17.8. The smallest absolute Gasteiger partial charge is 0.494 e. The van der Waals surface area contributed by atoms with Crippen LogP contribution in [0.4, 0.5) is 5.69 Å². The van der Waals surface area contributed by atoms with Gasteiger partial charge in [0, 0.05) is 23.9 Å². The Labute approximate surface area is 147 Å². The highest BCUT2D eigenvalue weighted by molar-refractivity contribution is 8.06. The lowest BCUT2D eigenvalue weighted by atomic mass is 9.79. The van der Waals surface area contributed by atoms with Crippen molar-refractivity contribution in [3.8, 4) is 0 Å². The molecule has 0 spiro atoms. The Morgan fingerprint density at radius 2 is 1.71 bits per heavy atom. The third-order valence-electron chi connectivity index (χ3n) is 5.17. The van der Waals surface area contributed by atoms with Gasteiger partial charge in [0.1, 0.15) is 12.3 Å².